The third-order valence-electron chi connectivity index (χ3n) is 3.61. The highest BCUT2D eigenvalue weighted by atomic mass is 19.1. The maximum absolute atomic E-state index is 13.6. The van der Waals surface area contributed by atoms with Gasteiger partial charge in [0.05, 0.1) is 14.2 Å². The lowest BCUT2D eigenvalue weighted by Gasteiger charge is -2.17. The SMILES string of the molecule is CNC(C)c1ccc(OC)c(-c2cc(F)ccc2OC)c1. The molecule has 0 spiro atoms. The minimum Gasteiger partial charge on any atom is -0.496 e. The molecular weight excluding hydrogens is 269 g/mol. The summed E-state index contributed by atoms with van der Waals surface area (Å²) in [6.45, 7) is 2.06. The number of hydrogen-bond donors (Lipinski definition) is 1. The molecule has 112 valence electrons. The van der Waals surface area contributed by atoms with Gasteiger partial charge in [0, 0.05) is 17.2 Å². The number of methoxy groups -OCH3 is 2. The molecule has 2 aromatic carbocycles. The van der Waals surface area contributed by atoms with Crippen molar-refractivity contribution in [3.8, 4) is 22.6 Å². The van der Waals surface area contributed by atoms with Crippen LogP contribution in [-0.4, -0.2) is 21.3 Å². The Morgan fingerprint density at radius 3 is 2.10 bits per heavy atom. The van der Waals surface area contributed by atoms with E-state index in [1.807, 2.05) is 25.2 Å². The third-order valence-corrected chi connectivity index (χ3v) is 3.61. The van der Waals surface area contributed by atoms with E-state index >= 15 is 0 Å². The van der Waals surface area contributed by atoms with Crippen LogP contribution in [0.5, 0.6) is 11.5 Å². The largest absolute Gasteiger partial charge is 0.496 e. The summed E-state index contributed by atoms with van der Waals surface area (Å²) in [6.07, 6.45) is 0. The average Bonchev–Trinajstić information content (AvgIpc) is 2.53. The first-order chi connectivity index (χ1) is 10.1. The maximum Gasteiger partial charge on any atom is 0.127 e. The van der Waals surface area contributed by atoms with E-state index in [4.69, 9.17) is 9.47 Å². The number of rotatable bonds is 5. The van der Waals surface area contributed by atoms with Crippen LogP contribution in [0.1, 0.15) is 18.5 Å². The molecule has 0 radical (unpaired) electrons. The molecule has 21 heavy (non-hydrogen) atoms. The number of benzene rings is 2. The number of nitrogens with one attached hydrogen (secondary N) is 1. The molecule has 0 fully saturated rings. The minimum atomic E-state index is -0.306. The Labute approximate surface area is 124 Å². The normalized spacial score (nSPS) is 12.0. The first-order valence-electron chi connectivity index (χ1n) is 6.79. The van der Waals surface area contributed by atoms with Gasteiger partial charge in [0.1, 0.15) is 17.3 Å². The van der Waals surface area contributed by atoms with Crippen molar-refractivity contribution in [1.29, 1.82) is 0 Å². The van der Waals surface area contributed by atoms with Crippen molar-refractivity contribution < 1.29 is 13.9 Å². The Morgan fingerprint density at radius 1 is 0.952 bits per heavy atom. The van der Waals surface area contributed by atoms with Gasteiger partial charge < -0.3 is 14.8 Å². The molecule has 0 aliphatic rings. The van der Waals surface area contributed by atoms with Crippen molar-refractivity contribution >= 4 is 0 Å². The lowest BCUT2D eigenvalue weighted by molar-refractivity contribution is 0.409. The van der Waals surface area contributed by atoms with Crippen LogP contribution in [0.2, 0.25) is 0 Å². The van der Waals surface area contributed by atoms with Crippen LogP contribution < -0.4 is 14.8 Å². The Hall–Kier alpha value is -2.07. The fourth-order valence-corrected chi connectivity index (χ4v) is 2.26. The van der Waals surface area contributed by atoms with E-state index in [0.717, 1.165) is 11.1 Å². The van der Waals surface area contributed by atoms with Crippen molar-refractivity contribution in [2.75, 3.05) is 21.3 Å². The molecule has 1 unspecified atom stereocenters. The Kier molecular flexibility index (Phi) is 4.81. The lowest BCUT2D eigenvalue weighted by atomic mass is 9.98. The highest BCUT2D eigenvalue weighted by Gasteiger charge is 2.14. The van der Waals surface area contributed by atoms with Gasteiger partial charge >= 0.3 is 0 Å². The van der Waals surface area contributed by atoms with Gasteiger partial charge in [0.25, 0.3) is 0 Å². The summed E-state index contributed by atoms with van der Waals surface area (Å²) in [7, 11) is 5.08. The van der Waals surface area contributed by atoms with Crippen LogP contribution >= 0.6 is 0 Å². The van der Waals surface area contributed by atoms with Crippen LogP contribution in [0.3, 0.4) is 0 Å². The van der Waals surface area contributed by atoms with Gasteiger partial charge in [0.15, 0.2) is 0 Å². The first-order valence-corrected chi connectivity index (χ1v) is 6.79. The number of hydrogen-bond acceptors (Lipinski definition) is 3. The second kappa shape index (κ2) is 6.59. The highest BCUT2D eigenvalue weighted by molar-refractivity contribution is 5.76. The summed E-state index contributed by atoms with van der Waals surface area (Å²) >= 11 is 0. The highest BCUT2D eigenvalue weighted by Crippen LogP contribution is 2.38. The van der Waals surface area contributed by atoms with E-state index in [9.17, 15) is 4.39 Å². The molecule has 0 amide bonds. The quantitative estimate of drug-likeness (QED) is 0.908. The molecule has 0 aliphatic carbocycles. The molecule has 4 heteroatoms. The third kappa shape index (κ3) is 3.16. The maximum atomic E-state index is 13.6. The molecule has 2 aromatic rings. The van der Waals surface area contributed by atoms with E-state index < -0.39 is 0 Å². The molecule has 2 rings (SSSR count). The molecule has 0 heterocycles. The molecular formula is C17H20FNO2. The van der Waals surface area contributed by atoms with Gasteiger partial charge in [-0.1, -0.05) is 6.07 Å². The van der Waals surface area contributed by atoms with Gasteiger partial charge in [-0.25, -0.2) is 4.39 Å². The van der Waals surface area contributed by atoms with Crippen molar-refractivity contribution in [2.24, 2.45) is 0 Å². The van der Waals surface area contributed by atoms with Crippen molar-refractivity contribution in [3.63, 3.8) is 0 Å². The molecule has 0 saturated heterocycles. The van der Waals surface area contributed by atoms with Crippen molar-refractivity contribution in [3.05, 3.63) is 47.8 Å². The van der Waals surface area contributed by atoms with Gasteiger partial charge in [-0.15, -0.1) is 0 Å². The van der Waals surface area contributed by atoms with Gasteiger partial charge in [-0.3, -0.25) is 0 Å². The van der Waals surface area contributed by atoms with Crippen LogP contribution in [0.15, 0.2) is 36.4 Å². The summed E-state index contributed by atoms with van der Waals surface area (Å²) in [4.78, 5) is 0. The average molecular weight is 289 g/mol. The zero-order valence-corrected chi connectivity index (χ0v) is 12.7. The smallest absolute Gasteiger partial charge is 0.127 e. The van der Waals surface area contributed by atoms with Crippen LogP contribution in [0.25, 0.3) is 11.1 Å². The number of halogens is 1. The topological polar surface area (TPSA) is 30.5 Å². The first kappa shape index (κ1) is 15.3. The summed E-state index contributed by atoms with van der Waals surface area (Å²) in [6, 6.07) is 10.5. The van der Waals surface area contributed by atoms with Gasteiger partial charge in [0.2, 0.25) is 0 Å². The molecule has 0 bridgehead atoms. The zero-order valence-electron chi connectivity index (χ0n) is 12.7. The molecule has 0 aromatic heterocycles. The van der Waals surface area contributed by atoms with E-state index in [1.165, 1.54) is 12.1 Å². The standard InChI is InChI=1S/C17H20FNO2/c1-11(19-2)12-5-7-16(20-3)14(9-12)15-10-13(18)6-8-17(15)21-4/h5-11,19H,1-4H3. The van der Waals surface area contributed by atoms with Gasteiger partial charge in [-0.2, -0.15) is 0 Å². The minimum absolute atomic E-state index is 0.189. The second-order valence-electron chi connectivity index (χ2n) is 4.81. The molecule has 1 atom stereocenters. The summed E-state index contributed by atoms with van der Waals surface area (Å²) < 4.78 is 24.4. The van der Waals surface area contributed by atoms with E-state index in [0.29, 0.717) is 17.1 Å². The second-order valence-corrected chi connectivity index (χ2v) is 4.81. The van der Waals surface area contributed by atoms with E-state index in [-0.39, 0.29) is 11.9 Å². The predicted octanol–water partition coefficient (Wildman–Crippen LogP) is 3.79. The Balaban J connectivity index is 2.63. The van der Waals surface area contributed by atoms with Crippen molar-refractivity contribution in [1.82, 2.24) is 5.32 Å². The predicted molar refractivity (Wildman–Crippen MR) is 82.4 cm³/mol. The van der Waals surface area contributed by atoms with Crippen LogP contribution in [0.4, 0.5) is 4.39 Å². The zero-order chi connectivity index (χ0) is 15.4. The summed E-state index contributed by atoms with van der Waals surface area (Å²) in [5, 5.41) is 3.19. The Bertz CT molecular complexity index is 628. The molecule has 3 nitrogen and oxygen atoms in total. The van der Waals surface area contributed by atoms with E-state index in [2.05, 4.69) is 12.2 Å². The van der Waals surface area contributed by atoms with Crippen LogP contribution in [0, 0.1) is 5.82 Å². The molecule has 1 N–H and O–H groups in total. The number of ether oxygens (including phenoxy) is 2. The van der Waals surface area contributed by atoms with Crippen molar-refractivity contribution in [2.45, 2.75) is 13.0 Å². The molecule has 0 saturated carbocycles. The lowest BCUT2D eigenvalue weighted by Crippen LogP contribution is -2.12. The Morgan fingerprint density at radius 2 is 1.52 bits per heavy atom. The summed E-state index contributed by atoms with van der Waals surface area (Å²) in [5.41, 5.74) is 2.59. The van der Waals surface area contributed by atoms with E-state index in [1.54, 1.807) is 20.3 Å². The fraction of sp³-hybridized carbons (Fsp3) is 0.294. The van der Waals surface area contributed by atoms with Gasteiger partial charge in [-0.05, 0) is 49.9 Å². The van der Waals surface area contributed by atoms with Crippen LogP contribution in [-0.2, 0) is 0 Å². The fourth-order valence-electron chi connectivity index (χ4n) is 2.26. The monoisotopic (exact) mass is 289 g/mol. The molecule has 0 aliphatic heterocycles. The summed E-state index contributed by atoms with van der Waals surface area (Å²) in [5.74, 6) is 0.995.